The Morgan fingerprint density at radius 3 is 2.60 bits per heavy atom. The normalized spacial score (nSPS) is 15.2. The van der Waals surface area contributed by atoms with Gasteiger partial charge in [0.05, 0.1) is 17.9 Å². The minimum absolute atomic E-state index is 0.00104. The molecule has 1 atom stereocenters. The first-order chi connectivity index (χ1) is 11.9. The summed E-state index contributed by atoms with van der Waals surface area (Å²) in [5.74, 6) is -1.42. The number of aliphatic carboxylic acids is 1. The fourth-order valence-corrected chi connectivity index (χ4v) is 3.30. The molecule has 0 spiro atoms. The van der Waals surface area contributed by atoms with Gasteiger partial charge >= 0.3 is 5.97 Å². The maximum absolute atomic E-state index is 12.9. The third-order valence-electron chi connectivity index (χ3n) is 5.01. The fourth-order valence-electron chi connectivity index (χ4n) is 3.30. The highest BCUT2D eigenvalue weighted by atomic mass is 16.4. The van der Waals surface area contributed by atoms with Gasteiger partial charge in [-0.15, -0.1) is 0 Å². The molecule has 2 aromatic rings. The van der Waals surface area contributed by atoms with E-state index in [1.165, 1.54) is 0 Å². The Morgan fingerprint density at radius 1 is 1.28 bits per heavy atom. The molecule has 1 amide bonds. The van der Waals surface area contributed by atoms with Crippen LogP contribution in [0.4, 0.5) is 0 Å². The summed E-state index contributed by atoms with van der Waals surface area (Å²) >= 11 is 0. The first-order valence-corrected chi connectivity index (χ1v) is 8.75. The van der Waals surface area contributed by atoms with Crippen LogP contribution in [0.25, 0.3) is 10.9 Å². The summed E-state index contributed by atoms with van der Waals surface area (Å²) in [6, 6.07) is 8.13. The van der Waals surface area contributed by atoms with Gasteiger partial charge in [0.15, 0.2) is 0 Å². The SMILES string of the molecule is Cc1nc2ccccc2c(C)c1CC(=O)N(C[C@@H](C)C(=O)O)C1CC1. The Morgan fingerprint density at radius 2 is 1.96 bits per heavy atom. The predicted octanol–water partition coefficient (Wildman–Crippen LogP) is 3.11. The minimum atomic E-state index is -0.863. The lowest BCUT2D eigenvalue weighted by Crippen LogP contribution is -2.39. The molecule has 1 N–H and O–H groups in total. The number of aryl methyl sites for hydroxylation is 2. The van der Waals surface area contributed by atoms with E-state index in [2.05, 4.69) is 4.98 Å². The molecule has 0 aliphatic heterocycles. The number of aromatic nitrogens is 1. The summed E-state index contributed by atoms with van der Waals surface area (Å²) in [5, 5.41) is 10.2. The van der Waals surface area contributed by atoms with Gasteiger partial charge in [-0.2, -0.15) is 0 Å². The number of hydrogen-bond acceptors (Lipinski definition) is 3. The number of fused-ring (bicyclic) bond motifs is 1. The second-order valence-corrected chi connectivity index (χ2v) is 7.01. The summed E-state index contributed by atoms with van der Waals surface area (Å²) in [6.07, 6.45) is 2.20. The molecule has 1 aromatic carbocycles. The van der Waals surface area contributed by atoms with Crippen LogP contribution >= 0.6 is 0 Å². The highest BCUT2D eigenvalue weighted by Crippen LogP contribution is 2.29. The molecular weight excluding hydrogens is 316 g/mol. The maximum atomic E-state index is 12.9. The monoisotopic (exact) mass is 340 g/mol. The van der Waals surface area contributed by atoms with E-state index >= 15 is 0 Å². The number of carboxylic acid groups (broad SMARTS) is 1. The Bertz CT molecular complexity index is 827. The van der Waals surface area contributed by atoms with Crippen LogP contribution in [-0.2, 0) is 16.0 Å². The number of rotatable bonds is 6. The predicted molar refractivity (Wildman–Crippen MR) is 96.5 cm³/mol. The molecule has 1 aromatic heterocycles. The molecular formula is C20H24N2O3. The molecule has 5 heteroatoms. The van der Waals surface area contributed by atoms with E-state index in [1.54, 1.807) is 11.8 Å². The van der Waals surface area contributed by atoms with Gasteiger partial charge in [0.2, 0.25) is 5.91 Å². The summed E-state index contributed by atoms with van der Waals surface area (Å²) in [7, 11) is 0. The Labute approximate surface area is 147 Å². The van der Waals surface area contributed by atoms with E-state index < -0.39 is 11.9 Å². The van der Waals surface area contributed by atoms with E-state index in [0.717, 1.165) is 40.6 Å². The number of nitrogens with zero attached hydrogens (tertiary/aromatic N) is 2. The lowest BCUT2D eigenvalue weighted by molar-refractivity contribution is -0.143. The van der Waals surface area contributed by atoms with Crippen LogP contribution < -0.4 is 0 Å². The molecule has 1 heterocycles. The van der Waals surface area contributed by atoms with Gasteiger partial charge in [-0.3, -0.25) is 14.6 Å². The number of hydrogen-bond donors (Lipinski definition) is 1. The summed E-state index contributed by atoms with van der Waals surface area (Å²) in [6.45, 7) is 5.89. The highest BCUT2D eigenvalue weighted by molar-refractivity contribution is 5.87. The van der Waals surface area contributed by atoms with Crippen LogP contribution in [-0.4, -0.2) is 39.5 Å². The quantitative estimate of drug-likeness (QED) is 0.877. The van der Waals surface area contributed by atoms with Crippen LogP contribution in [0.2, 0.25) is 0 Å². The van der Waals surface area contributed by atoms with E-state index in [-0.39, 0.29) is 24.9 Å². The molecule has 0 saturated heterocycles. The van der Waals surface area contributed by atoms with Crippen molar-refractivity contribution in [3.05, 3.63) is 41.1 Å². The first-order valence-electron chi connectivity index (χ1n) is 8.75. The van der Waals surface area contributed by atoms with Crippen molar-refractivity contribution in [2.24, 2.45) is 5.92 Å². The van der Waals surface area contributed by atoms with Crippen LogP contribution in [0.3, 0.4) is 0 Å². The number of carbonyl (C=O) groups excluding carboxylic acids is 1. The zero-order valence-electron chi connectivity index (χ0n) is 15.0. The van der Waals surface area contributed by atoms with Crippen LogP contribution in [0.5, 0.6) is 0 Å². The Hall–Kier alpha value is -2.43. The lowest BCUT2D eigenvalue weighted by atomic mass is 9.99. The van der Waals surface area contributed by atoms with Crippen molar-refractivity contribution in [1.82, 2.24) is 9.88 Å². The van der Waals surface area contributed by atoms with Crippen LogP contribution in [0.15, 0.2) is 24.3 Å². The van der Waals surface area contributed by atoms with E-state index in [1.807, 2.05) is 38.1 Å². The van der Waals surface area contributed by atoms with E-state index in [0.29, 0.717) is 0 Å². The van der Waals surface area contributed by atoms with Gasteiger partial charge in [0, 0.05) is 23.7 Å². The number of carboxylic acids is 1. The van der Waals surface area contributed by atoms with E-state index in [4.69, 9.17) is 5.11 Å². The van der Waals surface area contributed by atoms with E-state index in [9.17, 15) is 9.59 Å². The summed E-state index contributed by atoms with van der Waals surface area (Å²) in [4.78, 5) is 30.5. The zero-order chi connectivity index (χ0) is 18.1. The van der Waals surface area contributed by atoms with Crippen molar-refractivity contribution in [2.75, 3.05) is 6.54 Å². The van der Waals surface area contributed by atoms with Crippen molar-refractivity contribution in [3.8, 4) is 0 Å². The molecule has 1 saturated carbocycles. The van der Waals surface area contributed by atoms with Gasteiger partial charge in [0.25, 0.3) is 0 Å². The Balaban J connectivity index is 1.86. The second kappa shape index (κ2) is 6.82. The largest absolute Gasteiger partial charge is 0.481 e. The first kappa shape index (κ1) is 17.4. The highest BCUT2D eigenvalue weighted by Gasteiger charge is 2.34. The van der Waals surface area contributed by atoms with Crippen molar-refractivity contribution in [1.29, 1.82) is 0 Å². The fraction of sp³-hybridized carbons (Fsp3) is 0.450. The van der Waals surface area contributed by atoms with Gasteiger partial charge in [-0.1, -0.05) is 25.1 Å². The molecule has 0 radical (unpaired) electrons. The molecule has 1 aliphatic carbocycles. The molecule has 132 valence electrons. The molecule has 3 rings (SSSR count). The second-order valence-electron chi connectivity index (χ2n) is 7.01. The molecule has 5 nitrogen and oxygen atoms in total. The minimum Gasteiger partial charge on any atom is -0.481 e. The Kier molecular flexibility index (Phi) is 4.75. The number of benzene rings is 1. The molecule has 25 heavy (non-hydrogen) atoms. The third-order valence-corrected chi connectivity index (χ3v) is 5.01. The van der Waals surface area contributed by atoms with Crippen molar-refractivity contribution >= 4 is 22.8 Å². The number of para-hydroxylation sites is 1. The maximum Gasteiger partial charge on any atom is 0.308 e. The third kappa shape index (κ3) is 3.65. The standard InChI is InChI=1S/C20H24N2O3/c1-12(20(24)25)11-22(15-8-9-15)19(23)10-17-13(2)16-6-4-5-7-18(16)21-14(17)3/h4-7,12,15H,8-11H2,1-3H3,(H,24,25)/t12-/m1/s1. The number of pyridine rings is 1. The molecule has 0 unspecified atom stereocenters. The number of carbonyl (C=O) groups is 2. The van der Waals surface area contributed by atoms with Crippen molar-refractivity contribution in [2.45, 2.75) is 46.1 Å². The topological polar surface area (TPSA) is 70.5 Å². The van der Waals surface area contributed by atoms with Gasteiger partial charge in [-0.05, 0) is 43.9 Å². The van der Waals surface area contributed by atoms with Crippen LogP contribution in [0, 0.1) is 19.8 Å². The van der Waals surface area contributed by atoms with Gasteiger partial charge < -0.3 is 10.0 Å². The average Bonchev–Trinajstić information content (AvgIpc) is 3.40. The number of amides is 1. The molecule has 1 aliphatic rings. The lowest BCUT2D eigenvalue weighted by Gasteiger charge is -2.25. The van der Waals surface area contributed by atoms with Crippen molar-refractivity contribution < 1.29 is 14.7 Å². The summed E-state index contributed by atoms with van der Waals surface area (Å²) in [5.41, 5.74) is 3.84. The van der Waals surface area contributed by atoms with Gasteiger partial charge in [-0.25, -0.2) is 0 Å². The molecule has 0 bridgehead atoms. The van der Waals surface area contributed by atoms with Crippen LogP contribution in [0.1, 0.15) is 36.6 Å². The average molecular weight is 340 g/mol. The van der Waals surface area contributed by atoms with Gasteiger partial charge in [0.1, 0.15) is 0 Å². The molecule has 1 fully saturated rings. The summed E-state index contributed by atoms with van der Waals surface area (Å²) < 4.78 is 0. The zero-order valence-corrected chi connectivity index (χ0v) is 15.0. The van der Waals surface area contributed by atoms with Crippen molar-refractivity contribution in [3.63, 3.8) is 0 Å². The smallest absolute Gasteiger partial charge is 0.308 e.